The molecule has 0 spiro atoms. The van der Waals surface area contributed by atoms with E-state index in [4.69, 9.17) is 4.74 Å². The van der Waals surface area contributed by atoms with Crippen molar-refractivity contribution in [3.05, 3.63) is 22.4 Å². The molecule has 138 valence electrons. The fraction of sp³-hybridized carbons (Fsp3) is 0.684. The van der Waals surface area contributed by atoms with Crippen molar-refractivity contribution < 1.29 is 14.3 Å². The van der Waals surface area contributed by atoms with Gasteiger partial charge < -0.3 is 10.1 Å². The van der Waals surface area contributed by atoms with Crippen LogP contribution >= 0.6 is 11.3 Å². The van der Waals surface area contributed by atoms with Crippen LogP contribution < -0.4 is 5.32 Å². The van der Waals surface area contributed by atoms with E-state index in [1.807, 2.05) is 31.4 Å². The molecule has 1 aliphatic heterocycles. The molecule has 1 aromatic heterocycles. The molecule has 2 aliphatic rings. The molecule has 2 amide bonds. The third-order valence-corrected chi connectivity index (χ3v) is 6.40. The van der Waals surface area contributed by atoms with Gasteiger partial charge in [-0.2, -0.15) is 0 Å². The van der Waals surface area contributed by atoms with Crippen molar-refractivity contribution in [2.75, 3.05) is 6.61 Å². The predicted molar refractivity (Wildman–Crippen MR) is 98.6 cm³/mol. The SMILES string of the molecule is CCC(C)(C(=O)NC1CCCC1)N(C(=O)c1cccs1)C1CCCO1. The molecule has 2 heterocycles. The highest BCUT2D eigenvalue weighted by atomic mass is 32.1. The van der Waals surface area contributed by atoms with Gasteiger partial charge in [0.25, 0.3) is 5.91 Å². The van der Waals surface area contributed by atoms with Gasteiger partial charge in [0.2, 0.25) is 5.91 Å². The van der Waals surface area contributed by atoms with Gasteiger partial charge in [0, 0.05) is 12.6 Å². The van der Waals surface area contributed by atoms with E-state index in [0.29, 0.717) is 17.9 Å². The Morgan fingerprint density at radius 1 is 1.32 bits per heavy atom. The van der Waals surface area contributed by atoms with Crippen LogP contribution in [0.15, 0.2) is 17.5 Å². The van der Waals surface area contributed by atoms with Gasteiger partial charge in [0.1, 0.15) is 11.8 Å². The van der Waals surface area contributed by atoms with E-state index in [0.717, 1.165) is 38.5 Å². The summed E-state index contributed by atoms with van der Waals surface area (Å²) < 4.78 is 5.83. The minimum Gasteiger partial charge on any atom is -0.358 e. The maximum atomic E-state index is 13.2. The number of thiophene rings is 1. The van der Waals surface area contributed by atoms with Crippen molar-refractivity contribution in [2.24, 2.45) is 0 Å². The molecule has 2 fully saturated rings. The zero-order chi connectivity index (χ0) is 17.9. The molecule has 1 aliphatic carbocycles. The maximum absolute atomic E-state index is 13.2. The zero-order valence-electron chi connectivity index (χ0n) is 15.1. The lowest BCUT2D eigenvalue weighted by atomic mass is 9.93. The predicted octanol–water partition coefficient (Wildman–Crippen LogP) is 3.55. The van der Waals surface area contributed by atoms with Crippen LogP contribution in [-0.2, 0) is 9.53 Å². The summed E-state index contributed by atoms with van der Waals surface area (Å²) in [6.07, 6.45) is 6.33. The van der Waals surface area contributed by atoms with Crippen molar-refractivity contribution in [1.29, 1.82) is 0 Å². The molecule has 0 radical (unpaired) electrons. The van der Waals surface area contributed by atoms with Gasteiger partial charge in [-0.3, -0.25) is 14.5 Å². The van der Waals surface area contributed by atoms with Gasteiger partial charge in [0.15, 0.2) is 0 Å². The third-order valence-electron chi connectivity index (χ3n) is 5.54. The van der Waals surface area contributed by atoms with Crippen LogP contribution in [0, 0.1) is 0 Å². The third kappa shape index (κ3) is 3.75. The zero-order valence-corrected chi connectivity index (χ0v) is 15.9. The molecule has 6 heteroatoms. The van der Waals surface area contributed by atoms with Crippen molar-refractivity contribution in [3.8, 4) is 0 Å². The lowest BCUT2D eigenvalue weighted by molar-refractivity contribution is -0.139. The van der Waals surface area contributed by atoms with E-state index in [1.54, 1.807) is 4.90 Å². The lowest BCUT2D eigenvalue weighted by Crippen LogP contribution is -2.62. The molecule has 2 unspecified atom stereocenters. The average Bonchev–Trinajstić information content (AvgIpc) is 3.36. The minimum atomic E-state index is -0.904. The van der Waals surface area contributed by atoms with E-state index in [1.165, 1.54) is 11.3 Å². The Morgan fingerprint density at radius 3 is 2.64 bits per heavy atom. The van der Waals surface area contributed by atoms with E-state index in [9.17, 15) is 9.59 Å². The number of nitrogens with zero attached hydrogens (tertiary/aromatic N) is 1. The van der Waals surface area contributed by atoms with Crippen molar-refractivity contribution in [2.45, 2.75) is 76.6 Å². The van der Waals surface area contributed by atoms with Crippen molar-refractivity contribution >= 4 is 23.2 Å². The van der Waals surface area contributed by atoms with Crippen LogP contribution in [0.4, 0.5) is 0 Å². The number of carbonyl (C=O) groups excluding carboxylic acids is 2. The molecule has 3 rings (SSSR count). The van der Waals surface area contributed by atoms with Gasteiger partial charge in [-0.15, -0.1) is 11.3 Å². The quantitative estimate of drug-likeness (QED) is 0.840. The number of nitrogens with one attached hydrogen (secondary N) is 1. The average molecular weight is 365 g/mol. The minimum absolute atomic E-state index is 0.0534. The first-order chi connectivity index (χ1) is 12.1. The Morgan fingerprint density at radius 2 is 2.08 bits per heavy atom. The van der Waals surface area contributed by atoms with Crippen LogP contribution in [0.3, 0.4) is 0 Å². The highest BCUT2D eigenvalue weighted by molar-refractivity contribution is 7.12. The summed E-state index contributed by atoms with van der Waals surface area (Å²) >= 11 is 1.41. The van der Waals surface area contributed by atoms with Crippen LogP contribution in [0.5, 0.6) is 0 Å². The Bertz CT molecular complexity index is 592. The van der Waals surface area contributed by atoms with Crippen molar-refractivity contribution in [1.82, 2.24) is 10.2 Å². The summed E-state index contributed by atoms with van der Waals surface area (Å²) in [5.41, 5.74) is -0.904. The Hall–Kier alpha value is -1.40. The van der Waals surface area contributed by atoms with Crippen LogP contribution in [-0.4, -0.2) is 41.1 Å². The Labute approximate surface area is 153 Å². The smallest absolute Gasteiger partial charge is 0.266 e. The number of amides is 2. The number of hydrogen-bond donors (Lipinski definition) is 1. The molecule has 5 nitrogen and oxygen atoms in total. The second-order valence-corrected chi connectivity index (χ2v) is 8.15. The molecule has 1 saturated heterocycles. The standard InChI is InChI=1S/C19H28N2O3S/c1-3-19(2,18(23)20-14-8-4-5-9-14)21(16-11-6-12-24-16)17(22)15-10-7-13-25-15/h7,10,13-14,16H,3-6,8-9,11-12H2,1-2H3,(H,20,23). The summed E-state index contributed by atoms with van der Waals surface area (Å²) in [6, 6.07) is 3.93. The molecule has 0 aromatic carbocycles. The summed E-state index contributed by atoms with van der Waals surface area (Å²) in [5.74, 6) is -0.157. The van der Waals surface area contributed by atoms with Crippen molar-refractivity contribution in [3.63, 3.8) is 0 Å². The summed E-state index contributed by atoms with van der Waals surface area (Å²) in [5, 5.41) is 5.08. The van der Waals surface area contributed by atoms with Gasteiger partial charge in [0.05, 0.1) is 4.88 Å². The van der Waals surface area contributed by atoms with Gasteiger partial charge in [-0.1, -0.05) is 25.8 Å². The van der Waals surface area contributed by atoms with Crippen LogP contribution in [0.25, 0.3) is 0 Å². The lowest BCUT2D eigenvalue weighted by Gasteiger charge is -2.42. The summed E-state index contributed by atoms with van der Waals surface area (Å²) in [6.45, 7) is 4.49. The first kappa shape index (κ1) is 18.4. The van der Waals surface area contributed by atoms with Crippen LogP contribution in [0.2, 0.25) is 0 Å². The Balaban J connectivity index is 1.87. The highest BCUT2D eigenvalue weighted by Crippen LogP contribution is 2.31. The van der Waals surface area contributed by atoms with E-state index in [-0.39, 0.29) is 24.1 Å². The van der Waals surface area contributed by atoms with Gasteiger partial charge in [-0.05, 0) is 50.5 Å². The fourth-order valence-corrected chi connectivity index (χ4v) is 4.47. The summed E-state index contributed by atoms with van der Waals surface area (Å²) in [4.78, 5) is 28.7. The number of ether oxygens (including phenoxy) is 1. The van der Waals surface area contributed by atoms with Gasteiger partial charge in [-0.25, -0.2) is 0 Å². The molecule has 0 bridgehead atoms. The van der Waals surface area contributed by atoms with E-state index < -0.39 is 5.54 Å². The van der Waals surface area contributed by atoms with E-state index >= 15 is 0 Å². The Kier molecular flexibility index (Phi) is 5.79. The maximum Gasteiger partial charge on any atom is 0.266 e. The second kappa shape index (κ2) is 7.87. The molecule has 25 heavy (non-hydrogen) atoms. The van der Waals surface area contributed by atoms with Gasteiger partial charge >= 0.3 is 0 Å². The fourth-order valence-electron chi connectivity index (χ4n) is 3.81. The monoisotopic (exact) mass is 364 g/mol. The number of hydrogen-bond acceptors (Lipinski definition) is 4. The number of carbonyl (C=O) groups is 2. The van der Waals surface area contributed by atoms with E-state index in [2.05, 4.69) is 5.32 Å². The molecule has 1 saturated carbocycles. The second-order valence-electron chi connectivity index (χ2n) is 7.20. The number of rotatable bonds is 6. The normalized spacial score (nSPS) is 23.4. The summed E-state index contributed by atoms with van der Waals surface area (Å²) in [7, 11) is 0. The molecule has 2 atom stereocenters. The molecule has 1 N–H and O–H groups in total. The highest BCUT2D eigenvalue weighted by Gasteiger charge is 2.46. The molecular formula is C19H28N2O3S. The first-order valence-corrected chi connectivity index (χ1v) is 10.2. The molecular weight excluding hydrogens is 336 g/mol. The largest absolute Gasteiger partial charge is 0.358 e. The topological polar surface area (TPSA) is 58.6 Å². The molecule has 1 aromatic rings. The first-order valence-electron chi connectivity index (χ1n) is 9.36. The van der Waals surface area contributed by atoms with Crippen LogP contribution in [0.1, 0.15) is 68.5 Å².